The monoisotopic (exact) mass is 224 g/mol. The minimum atomic E-state index is 0.226. The number of rotatable bonds is 5. The zero-order chi connectivity index (χ0) is 11.3. The molecule has 1 aromatic carbocycles. The Morgan fingerprint density at radius 1 is 1.20 bits per heavy atom. The van der Waals surface area contributed by atoms with E-state index in [4.69, 9.17) is 4.74 Å². The summed E-state index contributed by atoms with van der Waals surface area (Å²) in [5.41, 5.74) is 1.25. The van der Waals surface area contributed by atoms with E-state index in [2.05, 4.69) is 38.6 Å². The van der Waals surface area contributed by atoms with Crippen LogP contribution in [0, 0.1) is 5.92 Å². The molecule has 0 fully saturated rings. The van der Waals surface area contributed by atoms with Gasteiger partial charge in [0.2, 0.25) is 0 Å². The van der Waals surface area contributed by atoms with Crippen LogP contribution in [0.5, 0.6) is 0 Å². The molecule has 0 N–H and O–H groups in total. The van der Waals surface area contributed by atoms with Crippen molar-refractivity contribution >= 4 is 12.6 Å². The molecule has 1 nitrogen and oxygen atoms in total. The van der Waals surface area contributed by atoms with E-state index in [1.807, 2.05) is 19.1 Å². The first-order valence-electron chi connectivity index (χ1n) is 5.54. The first-order chi connectivity index (χ1) is 7.13. The molecule has 0 bridgehead atoms. The Hall–Kier alpha value is -0.470. The van der Waals surface area contributed by atoms with Gasteiger partial charge < -0.3 is 4.74 Å². The summed E-state index contributed by atoms with van der Waals surface area (Å²) < 4.78 is 5.75. The fraction of sp³-hybridized carbons (Fsp3) is 0.538. The molecule has 15 heavy (non-hydrogen) atoms. The molecule has 0 unspecified atom stereocenters. The average molecular weight is 224 g/mol. The van der Waals surface area contributed by atoms with Crippen molar-refractivity contribution in [2.24, 2.45) is 5.92 Å². The second-order valence-electron chi connectivity index (χ2n) is 4.17. The van der Waals surface area contributed by atoms with Gasteiger partial charge in [-0.05, 0) is 37.0 Å². The third-order valence-corrected chi connectivity index (χ3v) is 2.62. The Bertz CT molecular complexity index is 279. The summed E-state index contributed by atoms with van der Waals surface area (Å²) >= 11 is 4.28. The van der Waals surface area contributed by atoms with E-state index >= 15 is 0 Å². The van der Waals surface area contributed by atoms with Crippen LogP contribution >= 0.6 is 12.6 Å². The summed E-state index contributed by atoms with van der Waals surface area (Å²) in [6.07, 6.45) is 1.30. The lowest BCUT2D eigenvalue weighted by Gasteiger charge is -2.19. The van der Waals surface area contributed by atoms with Crippen molar-refractivity contribution in [3.63, 3.8) is 0 Å². The SMILES string of the molecule is CCO[C@@H](CC(C)C)c1ccc(S)cc1. The van der Waals surface area contributed by atoms with Crippen LogP contribution in [0.3, 0.4) is 0 Å². The van der Waals surface area contributed by atoms with Gasteiger partial charge in [-0.1, -0.05) is 26.0 Å². The zero-order valence-electron chi connectivity index (χ0n) is 9.73. The van der Waals surface area contributed by atoms with Crippen LogP contribution < -0.4 is 0 Å². The molecule has 0 radical (unpaired) electrons. The maximum Gasteiger partial charge on any atom is 0.0827 e. The summed E-state index contributed by atoms with van der Waals surface area (Å²) in [7, 11) is 0. The predicted molar refractivity (Wildman–Crippen MR) is 67.5 cm³/mol. The number of thiol groups is 1. The van der Waals surface area contributed by atoms with E-state index in [9.17, 15) is 0 Å². The highest BCUT2D eigenvalue weighted by Crippen LogP contribution is 2.25. The summed E-state index contributed by atoms with van der Waals surface area (Å²) in [6.45, 7) is 7.25. The second-order valence-corrected chi connectivity index (χ2v) is 4.68. The van der Waals surface area contributed by atoms with Gasteiger partial charge in [-0.2, -0.15) is 0 Å². The first kappa shape index (κ1) is 12.6. The van der Waals surface area contributed by atoms with Crippen LogP contribution in [0.15, 0.2) is 29.2 Å². The van der Waals surface area contributed by atoms with Crippen LogP contribution in [0.4, 0.5) is 0 Å². The fourth-order valence-corrected chi connectivity index (χ4v) is 1.77. The molecule has 0 heterocycles. The zero-order valence-corrected chi connectivity index (χ0v) is 10.6. The largest absolute Gasteiger partial charge is 0.374 e. The van der Waals surface area contributed by atoms with Crippen molar-refractivity contribution in [2.45, 2.75) is 38.2 Å². The standard InChI is InChI=1S/C13H20OS/c1-4-14-13(9-10(2)3)11-5-7-12(15)8-6-11/h5-8,10,13,15H,4,9H2,1-3H3/t13-/m0/s1. The van der Waals surface area contributed by atoms with Crippen LogP contribution in [-0.4, -0.2) is 6.61 Å². The smallest absolute Gasteiger partial charge is 0.0827 e. The van der Waals surface area contributed by atoms with E-state index in [-0.39, 0.29) is 6.10 Å². The van der Waals surface area contributed by atoms with E-state index in [1.54, 1.807) is 0 Å². The van der Waals surface area contributed by atoms with Crippen LogP contribution in [0.25, 0.3) is 0 Å². The molecule has 0 aliphatic heterocycles. The number of ether oxygens (including phenoxy) is 1. The Kier molecular flexibility index (Phi) is 5.20. The molecule has 0 aliphatic carbocycles. The number of hydrogen-bond donors (Lipinski definition) is 1. The summed E-state index contributed by atoms with van der Waals surface area (Å²) in [6, 6.07) is 8.24. The molecule has 0 amide bonds. The van der Waals surface area contributed by atoms with E-state index < -0.39 is 0 Å². The van der Waals surface area contributed by atoms with Gasteiger partial charge in [0.1, 0.15) is 0 Å². The van der Waals surface area contributed by atoms with E-state index in [0.717, 1.165) is 17.9 Å². The lowest BCUT2D eigenvalue weighted by molar-refractivity contribution is 0.0472. The summed E-state index contributed by atoms with van der Waals surface area (Å²) in [4.78, 5) is 0.999. The van der Waals surface area contributed by atoms with Crippen LogP contribution in [0.2, 0.25) is 0 Å². The van der Waals surface area contributed by atoms with Crippen molar-refractivity contribution in [2.75, 3.05) is 6.61 Å². The van der Waals surface area contributed by atoms with Gasteiger partial charge >= 0.3 is 0 Å². The maximum absolute atomic E-state index is 5.75. The Morgan fingerprint density at radius 3 is 2.27 bits per heavy atom. The molecule has 1 rings (SSSR count). The molecule has 84 valence electrons. The van der Waals surface area contributed by atoms with Gasteiger partial charge in [0.05, 0.1) is 6.10 Å². The van der Waals surface area contributed by atoms with E-state index in [1.165, 1.54) is 5.56 Å². The Balaban J connectivity index is 2.74. The van der Waals surface area contributed by atoms with Gasteiger partial charge in [0, 0.05) is 11.5 Å². The number of hydrogen-bond acceptors (Lipinski definition) is 2. The minimum Gasteiger partial charge on any atom is -0.374 e. The van der Waals surface area contributed by atoms with Crippen molar-refractivity contribution in [1.29, 1.82) is 0 Å². The lowest BCUT2D eigenvalue weighted by atomic mass is 9.99. The number of benzene rings is 1. The molecule has 0 saturated heterocycles. The quantitative estimate of drug-likeness (QED) is 0.741. The second kappa shape index (κ2) is 6.19. The molecule has 1 aromatic rings. The highest BCUT2D eigenvalue weighted by Gasteiger charge is 2.12. The molecule has 0 saturated carbocycles. The lowest BCUT2D eigenvalue weighted by Crippen LogP contribution is -2.07. The maximum atomic E-state index is 5.75. The molecule has 0 spiro atoms. The molecule has 2 heteroatoms. The van der Waals surface area contributed by atoms with Crippen molar-refractivity contribution in [3.8, 4) is 0 Å². The summed E-state index contributed by atoms with van der Waals surface area (Å²) in [5, 5.41) is 0. The average Bonchev–Trinajstić information content (AvgIpc) is 2.17. The summed E-state index contributed by atoms with van der Waals surface area (Å²) in [5.74, 6) is 0.650. The van der Waals surface area contributed by atoms with Crippen LogP contribution in [0.1, 0.15) is 38.9 Å². The van der Waals surface area contributed by atoms with Gasteiger partial charge in [0.25, 0.3) is 0 Å². The van der Waals surface area contributed by atoms with Crippen LogP contribution in [-0.2, 0) is 4.74 Å². The highest BCUT2D eigenvalue weighted by molar-refractivity contribution is 7.80. The third kappa shape index (κ3) is 4.27. The normalized spacial score (nSPS) is 13.1. The Morgan fingerprint density at radius 2 is 1.80 bits per heavy atom. The van der Waals surface area contributed by atoms with Crippen molar-refractivity contribution in [1.82, 2.24) is 0 Å². The molecular weight excluding hydrogens is 204 g/mol. The highest BCUT2D eigenvalue weighted by atomic mass is 32.1. The first-order valence-corrected chi connectivity index (χ1v) is 5.98. The van der Waals surface area contributed by atoms with Gasteiger partial charge in [-0.3, -0.25) is 0 Å². The van der Waals surface area contributed by atoms with Gasteiger partial charge in [0.15, 0.2) is 0 Å². The Labute approximate surface area is 98.3 Å². The van der Waals surface area contributed by atoms with Gasteiger partial charge in [-0.25, -0.2) is 0 Å². The molecule has 0 aliphatic rings. The van der Waals surface area contributed by atoms with Gasteiger partial charge in [-0.15, -0.1) is 12.6 Å². The third-order valence-electron chi connectivity index (χ3n) is 2.32. The minimum absolute atomic E-state index is 0.226. The molecular formula is C13H20OS. The predicted octanol–water partition coefficient (Wildman–Crippen LogP) is 4.10. The molecule has 1 atom stereocenters. The molecule has 0 aromatic heterocycles. The van der Waals surface area contributed by atoms with Crippen molar-refractivity contribution in [3.05, 3.63) is 29.8 Å². The van der Waals surface area contributed by atoms with Crippen molar-refractivity contribution < 1.29 is 4.74 Å². The fourth-order valence-electron chi connectivity index (χ4n) is 1.62. The topological polar surface area (TPSA) is 9.23 Å². The van der Waals surface area contributed by atoms with E-state index in [0.29, 0.717) is 5.92 Å².